The van der Waals surface area contributed by atoms with E-state index in [1.54, 1.807) is 48.8 Å². The molecule has 1 saturated heterocycles. The number of allylic oxidation sites excluding steroid dienone is 4. The number of carbonyl (C=O) groups excluding carboxylic acids is 2. The standard InChI is InChI=1S/C62H59NO15S2/c1-68-46-33-47(69-2)44(56-29-36-13-9-11-15-54(36)79-56)31-42(46)40(59(66)39-27-52(73-6)62(53(28-39)74-7)77-24-21-63-19-22-76-23-20-63)17-18-41(60(67)38-25-50(71-4)61(75-8)51(26-38)72-5)43-32-45(48(70-3)34-49(43)78-35-58(64)65)57-30-37-14-10-12-16-55(37)80-57/h9-18,25-34H,19-24,35H2,1-8H3,(H,64,65). The quantitative estimate of drug-likeness (QED) is 0.0343. The highest BCUT2D eigenvalue weighted by Gasteiger charge is 2.29. The van der Waals surface area contributed by atoms with Gasteiger partial charge in [-0.05, 0) is 83.6 Å². The number of carboxylic acids is 1. The number of rotatable bonds is 24. The minimum Gasteiger partial charge on any atom is -0.496 e. The zero-order chi connectivity index (χ0) is 56.5. The van der Waals surface area contributed by atoms with Crippen LogP contribution in [0.1, 0.15) is 31.8 Å². The predicted octanol–water partition coefficient (Wildman–Crippen LogP) is 11.9. The molecule has 0 spiro atoms. The molecule has 80 heavy (non-hydrogen) atoms. The van der Waals surface area contributed by atoms with Crippen molar-refractivity contribution in [2.45, 2.75) is 0 Å². The number of carbonyl (C=O) groups is 3. The van der Waals surface area contributed by atoms with Gasteiger partial charge in [-0.3, -0.25) is 14.5 Å². The summed E-state index contributed by atoms with van der Waals surface area (Å²) in [5, 5.41) is 12.0. The van der Waals surface area contributed by atoms with Crippen molar-refractivity contribution in [2.75, 3.05) is 103 Å². The summed E-state index contributed by atoms with van der Waals surface area (Å²) in [5.41, 5.74) is 1.97. The second kappa shape index (κ2) is 25.5. The number of fused-ring (bicyclic) bond motifs is 2. The average molecular weight is 1120 g/mol. The Kier molecular flexibility index (Phi) is 17.9. The molecule has 6 aromatic carbocycles. The maximum absolute atomic E-state index is 15.9. The van der Waals surface area contributed by atoms with E-state index in [-0.39, 0.29) is 68.1 Å². The van der Waals surface area contributed by atoms with Crippen molar-refractivity contribution in [3.8, 4) is 78.4 Å². The summed E-state index contributed by atoms with van der Waals surface area (Å²) in [7, 11) is 11.8. The van der Waals surface area contributed by atoms with Gasteiger partial charge in [0.05, 0.1) is 70.1 Å². The minimum atomic E-state index is -1.27. The summed E-state index contributed by atoms with van der Waals surface area (Å²) in [4.78, 5) is 47.9. The number of carboxylic acid groups (broad SMARTS) is 1. The third-order valence-electron chi connectivity index (χ3n) is 13.4. The number of aliphatic carboxylic acids is 1. The largest absolute Gasteiger partial charge is 0.496 e. The van der Waals surface area contributed by atoms with Gasteiger partial charge >= 0.3 is 5.97 Å². The highest BCUT2D eigenvalue weighted by molar-refractivity contribution is 7.22. The van der Waals surface area contributed by atoms with Crippen LogP contribution in [0.25, 0.3) is 52.2 Å². The average Bonchev–Trinajstić information content (AvgIpc) is 4.22. The number of Topliss-reactive ketones (excluding diaryl/α,β-unsaturated/α-hetero) is 2. The summed E-state index contributed by atoms with van der Waals surface area (Å²) in [6.45, 7) is 2.95. The number of ether oxygens (including phenoxy) is 11. The first-order valence-electron chi connectivity index (χ1n) is 25.3. The Morgan fingerprint density at radius 2 is 0.950 bits per heavy atom. The normalized spacial score (nSPS) is 12.9. The third-order valence-corrected chi connectivity index (χ3v) is 15.7. The van der Waals surface area contributed by atoms with Crippen molar-refractivity contribution in [1.82, 2.24) is 4.90 Å². The first kappa shape index (κ1) is 56.2. The Balaban J connectivity index is 1.32. The fourth-order valence-corrected chi connectivity index (χ4v) is 11.6. The van der Waals surface area contributed by atoms with Crippen molar-refractivity contribution < 1.29 is 71.6 Å². The second-order valence-electron chi connectivity index (χ2n) is 18.0. The van der Waals surface area contributed by atoms with Crippen LogP contribution in [-0.2, 0) is 9.53 Å². The number of hydrogen-bond donors (Lipinski definition) is 1. The van der Waals surface area contributed by atoms with E-state index >= 15 is 9.59 Å². The Bertz CT molecular complexity index is 3550. The van der Waals surface area contributed by atoms with E-state index in [0.29, 0.717) is 60.3 Å². The van der Waals surface area contributed by atoms with E-state index in [2.05, 4.69) is 11.0 Å². The molecule has 414 valence electrons. The number of thiophene rings is 2. The van der Waals surface area contributed by atoms with Crippen LogP contribution in [0.4, 0.5) is 0 Å². The lowest BCUT2D eigenvalue weighted by atomic mass is 9.90. The molecule has 0 unspecified atom stereocenters. The number of methoxy groups -OCH3 is 8. The number of morpholine rings is 1. The number of benzene rings is 6. The lowest BCUT2D eigenvalue weighted by molar-refractivity contribution is -0.139. The smallest absolute Gasteiger partial charge is 0.341 e. The maximum atomic E-state index is 15.9. The third kappa shape index (κ3) is 11.9. The molecule has 1 fully saturated rings. The molecule has 1 N–H and O–H groups in total. The molecule has 1 aliphatic heterocycles. The molecule has 1 aliphatic rings. The lowest BCUT2D eigenvalue weighted by Crippen LogP contribution is -2.38. The number of ketones is 2. The molecule has 0 bridgehead atoms. The zero-order valence-electron chi connectivity index (χ0n) is 45.4. The van der Waals surface area contributed by atoms with Crippen LogP contribution in [-0.4, -0.2) is 130 Å². The molecule has 16 nitrogen and oxygen atoms in total. The predicted molar refractivity (Wildman–Crippen MR) is 310 cm³/mol. The van der Waals surface area contributed by atoms with Crippen molar-refractivity contribution in [3.63, 3.8) is 0 Å². The van der Waals surface area contributed by atoms with Crippen molar-refractivity contribution in [3.05, 3.63) is 144 Å². The Morgan fingerprint density at radius 3 is 1.39 bits per heavy atom. The summed E-state index contributed by atoms with van der Waals surface area (Å²) < 4.78 is 67.0. The molecule has 3 heterocycles. The molecular formula is C62H59NO15S2. The van der Waals surface area contributed by atoms with Gasteiger partial charge in [-0.25, -0.2) is 4.79 Å². The van der Waals surface area contributed by atoms with E-state index in [1.807, 2.05) is 60.7 Å². The van der Waals surface area contributed by atoms with Crippen LogP contribution in [0.3, 0.4) is 0 Å². The number of nitrogens with zero attached hydrogens (tertiary/aromatic N) is 1. The Hall–Kier alpha value is -8.55. The molecule has 18 heteroatoms. The van der Waals surface area contributed by atoms with E-state index in [9.17, 15) is 9.90 Å². The van der Waals surface area contributed by atoms with Crippen molar-refractivity contribution >= 4 is 71.5 Å². The van der Waals surface area contributed by atoms with Crippen LogP contribution in [0.15, 0.2) is 121 Å². The topological polar surface area (TPSA) is 176 Å². The van der Waals surface area contributed by atoms with Gasteiger partial charge in [0.2, 0.25) is 11.5 Å². The maximum Gasteiger partial charge on any atom is 0.341 e. The van der Waals surface area contributed by atoms with Crippen molar-refractivity contribution in [1.29, 1.82) is 0 Å². The van der Waals surface area contributed by atoms with Crippen LogP contribution in [0, 0.1) is 0 Å². The first-order chi connectivity index (χ1) is 38.9. The van der Waals surface area contributed by atoms with Gasteiger partial charge in [0.25, 0.3) is 0 Å². The van der Waals surface area contributed by atoms with E-state index in [4.69, 9.17) is 52.1 Å². The van der Waals surface area contributed by atoms with E-state index < -0.39 is 24.1 Å². The van der Waals surface area contributed by atoms with E-state index in [1.165, 1.54) is 85.4 Å². The van der Waals surface area contributed by atoms with Crippen LogP contribution in [0.5, 0.6) is 57.5 Å². The van der Waals surface area contributed by atoms with Crippen LogP contribution >= 0.6 is 22.7 Å². The summed E-state index contributed by atoms with van der Waals surface area (Å²) >= 11 is 3.05. The number of hydrogen-bond acceptors (Lipinski definition) is 17. The minimum absolute atomic E-state index is 0.00446. The monoisotopic (exact) mass is 1120 g/mol. The molecule has 2 aromatic heterocycles. The van der Waals surface area contributed by atoms with Crippen LogP contribution < -0.4 is 47.4 Å². The van der Waals surface area contributed by atoms with Gasteiger partial charge in [0.1, 0.15) is 29.6 Å². The highest BCUT2D eigenvalue weighted by atomic mass is 32.1. The lowest BCUT2D eigenvalue weighted by Gasteiger charge is -2.26. The zero-order valence-corrected chi connectivity index (χ0v) is 47.1. The van der Waals surface area contributed by atoms with Crippen molar-refractivity contribution in [2.24, 2.45) is 0 Å². The molecule has 0 saturated carbocycles. The summed E-state index contributed by atoms with van der Waals surface area (Å²) in [6, 6.07) is 32.9. The Morgan fingerprint density at radius 1 is 0.512 bits per heavy atom. The molecule has 0 aliphatic carbocycles. The summed E-state index contributed by atoms with van der Waals surface area (Å²) in [5.74, 6) is 0.0919. The van der Waals surface area contributed by atoms with E-state index in [0.717, 1.165) is 43.0 Å². The SMILES string of the molecule is COc1cc(OC)c(-c2cc3ccccc3s2)cc1C(=CC=C(C(=O)c1cc(OC)c(OC)c(OC)c1)c1cc(-c2cc3ccccc3s2)c(OC)cc1OCC(=O)O)C(=O)c1cc(OC)c(OCCN2CCOCC2)c(OC)c1. The van der Waals surface area contributed by atoms with Gasteiger partial charge in [-0.1, -0.05) is 36.4 Å². The van der Waals surface area contributed by atoms with Gasteiger partial charge < -0.3 is 57.2 Å². The molecule has 0 amide bonds. The van der Waals surface area contributed by atoms with Gasteiger partial charge in [-0.2, -0.15) is 0 Å². The van der Waals surface area contributed by atoms with Gasteiger partial charge in [0.15, 0.2) is 41.2 Å². The molecule has 0 atom stereocenters. The van der Waals surface area contributed by atoms with Gasteiger partial charge in [-0.15, -0.1) is 22.7 Å². The molecular weight excluding hydrogens is 1060 g/mol. The molecule has 8 aromatic rings. The molecule has 0 radical (unpaired) electrons. The second-order valence-corrected chi connectivity index (χ2v) is 20.2. The fourth-order valence-electron chi connectivity index (χ4n) is 9.44. The summed E-state index contributed by atoms with van der Waals surface area (Å²) in [6.07, 6.45) is 3.03. The first-order valence-corrected chi connectivity index (χ1v) is 26.9. The van der Waals surface area contributed by atoms with Gasteiger partial charge in [0, 0.05) is 95.4 Å². The molecule has 9 rings (SSSR count). The fraction of sp³-hybridized carbons (Fsp3) is 0.242. The Labute approximate surface area is 470 Å². The van der Waals surface area contributed by atoms with Crippen LogP contribution in [0.2, 0.25) is 0 Å². The highest BCUT2D eigenvalue weighted by Crippen LogP contribution is 2.48.